The highest BCUT2D eigenvalue weighted by Crippen LogP contribution is 2.12. The number of hydrogen-bond acceptors (Lipinski definition) is 5. The van der Waals surface area contributed by atoms with Crippen molar-refractivity contribution >= 4 is 11.8 Å². The third kappa shape index (κ3) is 4.52. The molecule has 0 unspecified atom stereocenters. The Kier molecular flexibility index (Phi) is 5.77. The molecule has 2 aliphatic rings. The van der Waals surface area contributed by atoms with E-state index in [1.807, 2.05) is 0 Å². The maximum atomic E-state index is 12.2. The van der Waals surface area contributed by atoms with E-state index in [-0.39, 0.29) is 35.4 Å². The fourth-order valence-corrected chi connectivity index (χ4v) is 2.89. The highest BCUT2D eigenvalue weighted by atomic mass is 16.5. The van der Waals surface area contributed by atoms with Gasteiger partial charge in [-0.2, -0.15) is 0 Å². The Labute approximate surface area is 141 Å². The van der Waals surface area contributed by atoms with E-state index in [0.29, 0.717) is 13.1 Å². The number of hydrogen-bond donors (Lipinski definition) is 2. The zero-order valence-electron chi connectivity index (χ0n) is 13.6. The van der Waals surface area contributed by atoms with Crippen molar-refractivity contribution in [2.75, 3.05) is 26.3 Å². The third-order valence-electron chi connectivity index (χ3n) is 4.24. The second-order valence-corrected chi connectivity index (χ2v) is 6.10. The Morgan fingerprint density at radius 1 is 0.958 bits per heavy atom. The molecule has 0 radical (unpaired) electrons. The summed E-state index contributed by atoms with van der Waals surface area (Å²) < 4.78 is 10.9. The number of amides is 2. The number of pyridine rings is 1. The van der Waals surface area contributed by atoms with Crippen molar-refractivity contribution < 1.29 is 19.1 Å². The van der Waals surface area contributed by atoms with Gasteiger partial charge in [-0.3, -0.25) is 9.59 Å². The molecule has 7 nitrogen and oxygen atoms in total. The van der Waals surface area contributed by atoms with Gasteiger partial charge in [0, 0.05) is 26.3 Å². The highest BCUT2D eigenvalue weighted by molar-refractivity contribution is 5.96. The molecule has 24 heavy (non-hydrogen) atoms. The predicted molar refractivity (Wildman–Crippen MR) is 86.9 cm³/mol. The van der Waals surface area contributed by atoms with E-state index < -0.39 is 0 Å². The van der Waals surface area contributed by atoms with Crippen molar-refractivity contribution in [2.45, 2.75) is 37.9 Å². The van der Waals surface area contributed by atoms with Crippen LogP contribution < -0.4 is 10.6 Å². The normalized spacial score (nSPS) is 23.2. The Bertz CT molecular complexity index is 534. The number of carbonyl (C=O) groups is 2. The number of nitrogens with one attached hydrogen (secondary N) is 2. The first-order valence-corrected chi connectivity index (χ1v) is 8.49. The van der Waals surface area contributed by atoms with Gasteiger partial charge >= 0.3 is 0 Å². The summed E-state index contributed by atoms with van der Waals surface area (Å²) in [7, 11) is 0. The fraction of sp³-hybridized carbons (Fsp3) is 0.588. The number of rotatable bonds is 6. The first kappa shape index (κ1) is 16.9. The zero-order chi connectivity index (χ0) is 16.8. The SMILES string of the molecule is O=C(NC[C@H]1CCCO1)c1cccc(C(=O)NC[C@H]2CCCO2)n1. The van der Waals surface area contributed by atoms with Gasteiger partial charge in [-0.25, -0.2) is 4.98 Å². The minimum Gasteiger partial charge on any atom is -0.376 e. The van der Waals surface area contributed by atoms with Crippen LogP contribution in [0.25, 0.3) is 0 Å². The van der Waals surface area contributed by atoms with Crippen molar-refractivity contribution in [3.05, 3.63) is 29.6 Å². The van der Waals surface area contributed by atoms with Crippen molar-refractivity contribution in [2.24, 2.45) is 0 Å². The van der Waals surface area contributed by atoms with Gasteiger partial charge in [-0.15, -0.1) is 0 Å². The second-order valence-electron chi connectivity index (χ2n) is 6.10. The molecule has 0 spiro atoms. The van der Waals surface area contributed by atoms with E-state index in [9.17, 15) is 9.59 Å². The second kappa shape index (κ2) is 8.21. The molecule has 0 bridgehead atoms. The quantitative estimate of drug-likeness (QED) is 0.807. The largest absolute Gasteiger partial charge is 0.376 e. The zero-order valence-corrected chi connectivity index (χ0v) is 13.6. The van der Waals surface area contributed by atoms with Crippen molar-refractivity contribution in [1.29, 1.82) is 0 Å². The summed E-state index contributed by atoms with van der Waals surface area (Å²) in [6.07, 6.45) is 4.12. The van der Waals surface area contributed by atoms with E-state index in [0.717, 1.165) is 38.9 Å². The minimum atomic E-state index is -0.292. The molecule has 2 saturated heterocycles. The molecular formula is C17H23N3O4. The molecule has 2 N–H and O–H groups in total. The molecule has 3 heterocycles. The summed E-state index contributed by atoms with van der Waals surface area (Å²) in [5.41, 5.74) is 0.468. The molecule has 2 atom stereocenters. The molecule has 3 rings (SSSR count). The molecule has 7 heteroatoms. The lowest BCUT2D eigenvalue weighted by atomic mass is 10.2. The van der Waals surface area contributed by atoms with Crippen LogP contribution in [-0.2, 0) is 9.47 Å². The van der Waals surface area contributed by atoms with Gasteiger partial charge < -0.3 is 20.1 Å². The van der Waals surface area contributed by atoms with E-state index in [1.165, 1.54) is 0 Å². The average Bonchev–Trinajstić information content (AvgIpc) is 3.31. The van der Waals surface area contributed by atoms with Crippen LogP contribution in [-0.4, -0.2) is 55.3 Å². The van der Waals surface area contributed by atoms with Crippen LogP contribution in [0.1, 0.15) is 46.7 Å². The smallest absolute Gasteiger partial charge is 0.269 e. The van der Waals surface area contributed by atoms with Gasteiger partial charge in [0.25, 0.3) is 11.8 Å². The lowest BCUT2D eigenvalue weighted by molar-refractivity contribution is 0.0847. The maximum Gasteiger partial charge on any atom is 0.269 e. The summed E-state index contributed by atoms with van der Waals surface area (Å²) in [5, 5.41) is 5.61. The van der Waals surface area contributed by atoms with Crippen molar-refractivity contribution in [3.8, 4) is 0 Å². The van der Waals surface area contributed by atoms with Crippen LogP contribution in [0.5, 0.6) is 0 Å². The summed E-state index contributed by atoms with van der Waals surface area (Å²) in [4.78, 5) is 28.5. The third-order valence-corrected chi connectivity index (χ3v) is 4.24. The number of carbonyl (C=O) groups excluding carboxylic acids is 2. The van der Waals surface area contributed by atoms with Crippen LogP contribution in [0.4, 0.5) is 0 Å². The molecule has 2 aliphatic heterocycles. The van der Waals surface area contributed by atoms with Crippen LogP contribution in [0.2, 0.25) is 0 Å². The van der Waals surface area contributed by atoms with Gasteiger partial charge in [-0.1, -0.05) is 6.07 Å². The van der Waals surface area contributed by atoms with Gasteiger partial charge in [0.05, 0.1) is 12.2 Å². The fourth-order valence-electron chi connectivity index (χ4n) is 2.89. The van der Waals surface area contributed by atoms with Crippen LogP contribution in [0, 0.1) is 0 Å². The van der Waals surface area contributed by atoms with Crippen LogP contribution in [0.3, 0.4) is 0 Å². The topological polar surface area (TPSA) is 89.5 Å². The van der Waals surface area contributed by atoms with E-state index in [4.69, 9.17) is 9.47 Å². The average molecular weight is 333 g/mol. The highest BCUT2D eigenvalue weighted by Gasteiger charge is 2.19. The minimum absolute atomic E-state index is 0.0758. The Morgan fingerprint density at radius 3 is 1.88 bits per heavy atom. The van der Waals surface area contributed by atoms with Crippen molar-refractivity contribution in [1.82, 2.24) is 15.6 Å². The predicted octanol–water partition coefficient (Wildman–Crippen LogP) is 0.899. The summed E-state index contributed by atoms with van der Waals surface area (Å²) >= 11 is 0. The molecule has 2 fully saturated rings. The van der Waals surface area contributed by atoms with Crippen LogP contribution in [0.15, 0.2) is 18.2 Å². The van der Waals surface area contributed by atoms with Gasteiger partial charge in [0.15, 0.2) is 0 Å². The maximum absolute atomic E-state index is 12.2. The molecule has 0 aliphatic carbocycles. The van der Waals surface area contributed by atoms with E-state index >= 15 is 0 Å². The van der Waals surface area contributed by atoms with Gasteiger partial charge in [0.1, 0.15) is 11.4 Å². The standard InChI is InChI=1S/C17H23N3O4/c21-16(18-10-12-4-2-8-23-12)14-6-1-7-15(20-14)17(22)19-11-13-5-3-9-24-13/h1,6-7,12-13H,2-5,8-11H2,(H,18,21)(H,19,22)/t12-,13-/m1/s1. The van der Waals surface area contributed by atoms with E-state index in [2.05, 4.69) is 15.6 Å². The summed E-state index contributed by atoms with van der Waals surface area (Å²) in [6.45, 7) is 2.43. The molecule has 130 valence electrons. The van der Waals surface area contributed by atoms with Gasteiger partial charge in [-0.05, 0) is 37.8 Å². The molecule has 0 saturated carbocycles. The summed E-state index contributed by atoms with van der Waals surface area (Å²) in [6, 6.07) is 4.86. The molecule has 2 amide bonds. The molecule has 1 aromatic heterocycles. The monoisotopic (exact) mass is 333 g/mol. The first-order chi connectivity index (χ1) is 11.7. The Morgan fingerprint density at radius 2 is 1.46 bits per heavy atom. The number of aromatic nitrogens is 1. The molecular weight excluding hydrogens is 310 g/mol. The Hall–Kier alpha value is -1.99. The van der Waals surface area contributed by atoms with E-state index in [1.54, 1.807) is 18.2 Å². The van der Waals surface area contributed by atoms with Crippen LogP contribution >= 0.6 is 0 Å². The lowest BCUT2D eigenvalue weighted by Crippen LogP contribution is -2.34. The molecule has 1 aromatic rings. The summed E-state index contributed by atoms with van der Waals surface area (Å²) in [5.74, 6) is -0.585. The number of ether oxygens (including phenoxy) is 2. The van der Waals surface area contributed by atoms with Crippen molar-refractivity contribution in [3.63, 3.8) is 0 Å². The lowest BCUT2D eigenvalue weighted by Gasteiger charge is -2.12. The first-order valence-electron chi connectivity index (χ1n) is 8.49. The van der Waals surface area contributed by atoms with Gasteiger partial charge in [0.2, 0.25) is 0 Å². The molecule has 0 aromatic carbocycles. The number of nitrogens with zero attached hydrogens (tertiary/aromatic N) is 1. The Balaban J connectivity index is 1.52.